The summed E-state index contributed by atoms with van der Waals surface area (Å²) in [7, 11) is 1.91. The number of nitrogens with two attached hydrogens (primary N) is 1. The van der Waals surface area contributed by atoms with E-state index in [-0.39, 0.29) is 0 Å². The first-order chi connectivity index (χ1) is 12.7. The Hall–Kier alpha value is -3.60. The lowest BCUT2D eigenvalue weighted by molar-refractivity contribution is 0.632. The van der Waals surface area contributed by atoms with Crippen molar-refractivity contribution in [1.82, 2.24) is 14.8 Å². The average molecular weight is 340 g/mol. The minimum Gasteiger partial charge on any atom is -0.456 e. The topological polar surface area (TPSA) is 69.9 Å². The van der Waals surface area contributed by atoms with Crippen LogP contribution in [-0.2, 0) is 7.05 Å². The van der Waals surface area contributed by atoms with E-state index in [0.29, 0.717) is 5.69 Å². The van der Waals surface area contributed by atoms with Crippen LogP contribution in [0.3, 0.4) is 0 Å². The number of nitrogen functional groups attached to an aromatic ring is 1. The lowest BCUT2D eigenvalue weighted by atomic mass is 10.0. The van der Waals surface area contributed by atoms with Crippen molar-refractivity contribution in [3.8, 4) is 22.7 Å². The van der Waals surface area contributed by atoms with Gasteiger partial charge in [-0.15, -0.1) is 0 Å². The Balaban J connectivity index is 1.81. The number of pyridine rings is 1. The predicted octanol–water partition coefficient (Wildman–Crippen LogP) is 4.63. The Morgan fingerprint density at radius 3 is 2.69 bits per heavy atom. The second-order valence-electron chi connectivity index (χ2n) is 6.31. The zero-order valence-electron chi connectivity index (χ0n) is 14.2. The van der Waals surface area contributed by atoms with Crippen LogP contribution < -0.4 is 5.73 Å². The molecule has 0 saturated heterocycles. The molecule has 0 radical (unpaired) electrons. The monoisotopic (exact) mass is 340 g/mol. The van der Waals surface area contributed by atoms with Crippen molar-refractivity contribution >= 4 is 27.4 Å². The Labute approximate surface area is 149 Å². The zero-order chi connectivity index (χ0) is 17.7. The molecule has 0 spiro atoms. The maximum Gasteiger partial charge on any atom is 0.137 e. The third-order valence-electron chi connectivity index (χ3n) is 4.67. The van der Waals surface area contributed by atoms with Crippen molar-refractivity contribution in [2.45, 2.75) is 0 Å². The molecular weight excluding hydrogens is 324 g/mol. The fraction of sp³-hybridized carbons (Fsp3) is 0.0476. The number of aryl methyl sites for hydroxylation is 1. The maximum atomic E-state index is 6.08. The van der Waals surface area contributed by atoms with Crippen molar-refractivity contribution in [2.24, 2.45) is 7.05 Å². The van der Waals surface area contributed by atoms with Crippen LogP contribution in [-0.4, -0.2) is 14.8 Å². The van der Waals surface area contributed by atoms with E-state index >= 15 is 0 Å². The van der Waals surface area contributed by atoms with Crippen LogP contribution in [0.25, 0.3) is 44.5 Å². The van der Waals surface area contributed by atoms with Crippen LogP contribution in [0.1, 0.15) is 0 Å². The van der Waals surface area contributed by atoms with Gasteiger partial charge in [-0.1, -0.05) is 24.3 Å². The summed E-state index contributed by atoms with van der Waals surface area (Å²) in [4.78, 5) is 4.72. The first kappa shape index (κ1) is 14.7. The maximum absolute atomic E-state index is 6.08. The lowest BCUT2D eigenvalue weighted by Gasteiger charge is -2.10. The number of fused-ring (bicyclic) bond motifs is 2. The molecule has 3 aromatic heterocycles. The Kier molecular flexibility index (Phi) is 3.09. The third kappa shape index (κ3) is 2.18. The number of anilines is 1. The highest BCUT2D eigenvalue weighted by Crippen LogP contribution is 2.36. The van der Waals surface area contributed by atoms with Crippen LogP contribution in [0.2, 0.25) is 0 Å². The van der Waals surface area contributed by atoms with Gasteiger partial charge in [0.05, 0.1) is 11.4 Å². The molecule has 0 bridgehead atoms. The summed E-state index contributed by atoms with van der Waals surface area (Å²) in [5.41, 5.74) is 10.4. The summed E-state index contributed by atoms with van der Waals surface area (Å²) in [5, 5.41) is 7.35. The van der Waals surface area contributed by atoms with E-state index in [1.54, 1.807) is 6.20 Å². The molecule has 0 unspecified atom stereocenters. The van der Waals surface area contributed by atoms with Crippen molar-refractivity contribution < 1.29 is 4.42 Å². The largest absolute Gasteiger partial charge is 0.456 e. The molecule has 26 heavy (non-hydrogen) atoms. The quantitative estimate of drug-likeness (QED) is 0.476. The number of hydrogen-bond acceptors (Lipinski definition) is 4. The second-order valence-corrected chi connectivity index (χ2v) is 6.31. The van der Waals surface area contributed by atoms with Gasteiger partial charge in [0.15, 0.2) is 0 Å². The number of hydrogen-bond donors (Lipinski definition) is 1. The van der Waals surface area contributed by atoms with Gasteiger partial charge in [0.2, 0.25) is 0 Å². The SMILES string of the molecule is Cn1nccc1-c1ncc(-c2cc3ccccc3o2)c2cc(N)ccc12. The van der Waals surface area contributed by atoms with E-state index < -0.39 is 0 Å². The number of furan rings is 1. The number of aromatic nitrogens is 3. The minimum absolute atomic E-state index is 0.706. The summed E-state index contributed by atoms with van der Waals surface area (Å²) < 4.78 is 7.88. The van der Waals surface area contributed by atoms with Crippen molar-refractivity contribution in [2.75, 3.05) is 5.73 Å². The van der Waals surface area contributed by atoms with E-state index in [1.165, 1.54) is 0 Å². The standard InChI is InChI=1S/C21H16N4O/c1-25-18(8-9-24-25)21-15-7-6-14(22)11-16(15)17(12-23-21)20-10-13-4-2-3-5-19(13)26-20/h2-12H,22H2,1H3. The van der Waals surface area contributed by atoms with Gasteiger partial charge in [0.1, 0.15) is 11.3 Å². The fourth-order valence-corrected chi connectivity index (χ4v) is 3.38. The van der Waals surface area contributed by atoms with Gasteiger partial charge in [-0.3, -0.25) is 9.67 Å². The summed E-state index contributed by atoms with van der Waals surface area (Å²) in [5.74, 6) is 0.783. The molecule has 0 aliphatic heterocycles. The molecule has 3 heterocycles. The summed E-state index contributed by atoms with van der Waals surface area (Å²) >= 11 is 0. The van der Waals surface area contributed by atoms with E-state index in [9.17, 15) is 0 Å². The second kappa shape index (κ2) is 5.46. The molecule has 0 saturated carbocycles. The minimum atomic E-state index is 0.706. The van der Waals surface area contributed by atoms with Crippen LogP contribution in [0, 0.1) is 0 Å². The molecule has 2 N–H and O–H groups in total. The Morgan fingerprint density at radius 2 is 1.88 bits per heavy atom. The summed E-state index contributed by atoms with van der Waals surface area (Å²) in [6, 6.07) is 17.8. The molecule has 126 valence electrons. The molecule has 5 heteroatoms. The highest BCUT2D eigenvalue weighted by atomic mass is 16.3. The predicted molar refractivity (Wildman–Crippen MR) is 104 cm³/mol. The normalized spacial score (nSPS) is 11.4. The molecule has 5 rings (SSSR count). The highest BCUT2D eigenvalue weighted by molar-refractivity contribution is 6.04. The summed E-state index contributed by atoms with van der Waals surface area (Å²) in [6.45, 7) is 0. The van der Waals surface area contributed by atoms with E-state index in [0.717, 1.165) is 44.5 Å². The first-order valence-corrected chi connectivity index (χ1v) is 8.36. The molecule has 2 aromatic carbocycles. The highest BCUT2D eigenvalue weighted by Gasteiger charge is 2.15. The molecule has 0 atom stereocenters. The Bertz CT molecular complexity index is 1230. The van der Waals surface area contributed by atoms with Crippen molar-refractivity contribution in [3.05, 3.63) is 67.0 Å². The molecule has 0 aliphatic carbocycles. The van der Waals surface area contributed by atoms with Crippen LogP contribution in [0.15, 0.2) is 71.4 Å². The van der Waals surface area contributed by atoms with E-state index in [1.807, 2.05) is 72.5 Å². The van der Waals surface area contributed by atoms with Gasteiger partial charge in [0.25, 0.3) is 0 Å². The molecule has 0 amide bonds. The van der Waals surface area contributed by atoms with Gasteiger partial charge < -0.3 is 10.2 Å². The Morgan fingerprint density at radius 1 is 1.00 bits per heavy atom. The molecule has 5 nitrogen and oxygen atoms in total. The van der Waals surface area contributed by atoms with E-state index in [2.05, 4.69) is 5.10 Å². The smallest absolute Gasteiger partial charge is 0.137 e. The number of nitrogens with zero attached hydrogens (tertiary/aromatic N) is 3. The molecule has 0 fully saturated rings. The third-order valence-corrected chi connectivity index (χ3v) is 4.67. The number of rotatable bonds is 2. The van der Waals surface area contributed by atoms with Gasteiger partial charge in [-0.25, -0.2) is 0 Å². The van der Waals surface area contributed by atoms with Gasteiger partial charge in [-0.2, -0.15) is 5.10 Å². The van der Waals surface area contributed by atoms with Crippen molar-refractivity contribution in [3.63, 3.8) is 0 Å². The summed E-state index contributed by atoms with van der Waals surface area (Å²) in [6.07, 6.45) is 3.62. The number of benzene rings is 2. The van der Waals surface area contributed by atoms with Crippen LogP contribution >= 0.6 is 0 Å². The van der Waals surface area contributed by atoms with Gasteiger partial charge in [-0.05, 0) is 35.7 Å². The van der Waals surface area contributed by atoms with Gasteiger partial charge in [0, 0.05) is 41.5 Å². The average Bonchev–Trinajstić information content (AvgIpc) is 3.26. The molecule has 5 aromatic rings. The fourth-order valence-electron chi connectivity index (χ4n) is 3.38. The molecular formula is C21H16N4O. The van der Waals surface area contributed by atoms with Crippen LogP contribution in [0.4, 0.5) is 5.69 Å². The van der Waals surface area contributed by atoms with E-state index in [4.69, 9.17) is 15.1 Å². The van der Waals surface area contributed by atoms with Crippen molar-refractivity contribution in [1.29, 1.82) is 0 Å². The lowest BCUT2D eigenvalue weighted by Crippen LogP contribution is -1.97. The first-order valence-electron chi connectivity index (χ1n) is 8.36. The number of para-hydroxylation sites is 1. The molecule has 0 aliphatic rings. The zero-order valence-corrected chi connectivity index (χ0v) is 14.2. The van der Waals surface area contributed by atoms with Gasteiger partial charge >= 0.3 is 0 Å². The van der Waals surface area contributed by atoms with Crippen LogP contribution in [0.5, 0.6) is 0 Å².